The van der Waals surface area contributed by atoms with Gasteiger partial charge in [-0.15, -0.1) is 11.3 Å². The van der Waals surface area contributed by atoms with Gasteiger partial charge in [-0.25, -0.2) is 50.7 Å². The average Bonchev–Trinajstić information content (AvgIpc) is 1.66. The third kappa shape index (κ3) is 21.7. The van der Waals surface area contributed by atoms with Crippen molar-refractivity contribution in [1.29, 1.82) is 0 Å². The number of methoxy groups -OCH3 is 1. The number of nitrogens with two attached hydrogens (primary N) is 3. The molecule has 139 heavy (non-hydrogen) atoms. The molecular formula is C107H90ClF5N20O5S. The molecule has 14 aromatic heterocycles. The van der Waals surface area contributed by atoms with Crippen LogP contribution in [0.2, 0.25) is 5.02 Å². The first-order chi connectivity index (χ1) is 67.5. The van der Waals surface area contributed by atoms with Crippen LogP contribution < -0.4 is 33.2 Å². The predicted octanol–water partition coefficient (Wildman–Crippen LogP) is 20.5. The Morgan fingerprint density at radius 3 is 1.13 bits per heavy atom. The molecule has 0 fully saturated rings. The number of benzene rings is 6. The quantitative estimate of drug-likeness (QED) is 0.0208. The summed E-state index contributed by atoms with van der Waals surface area (Å²) < 4.78 is 81.0. The fourth-order valence-corrected chi connectivity index (χ4v) is 16.5. The summed E-state index contributed by atoms with van der Waals surface area (Å²) in [5.41, 5.74) is 42.9. The molecule has 6 aromatic carbocycles. The average molecular weight is 1900 g/mol. The van der Waals surface area contributed by atoms with E-state index in [0.29, 0.717) is 119 Å². The summed E-state index contributed by atoms with van der Waals surface area (Å²) in [6.07, 6.45) is 23.4. The van der Waals surface area contributed by atoms with Crippen molar-refractivity contribution in [3.63, 3.8) is 0 Å². The first kappa shape index (κ1) is 95.6. The highest BCUT2D eigenvalue weighted by atomic mass is 35.5. The molecule has 0 radical (unpaired) electrons. The molecule has 32 heteroatoms. The maximum absolute atomic E-state index is 13.7. The molecule has 0 unspecified atom stereocenters. The molecule has 0 saturated heterocycles. The van der Waals surface area contributed by atoms with Crippen molar-refractivity contribution >= 4 is 79.2 Å². The summed E-state index contributed by atoms with van der Waals surface area (Å²) in [6.45, 7) is 9.74. The Morgan fingerprint density at radius 1 is 0.374 bits per heavy atom. The number of thiazole rings is 1. The van der Waals surface area contributed by atoms with Gasteiger partial charge in [-0.05, 0) is 275 Å². The second kappa shape index (κ2) is 43.8. The summed E-state index contributed by atoms with van der Waals surface area (Å²) in [7, 11) is 1.33. The summed E-state index contributed by atoms with van der Waals surface area (Å²) in [5.74, 6) is -2.49. The standard InChI is InChI=1S/2C23H22FN5O.C22H20FN5O.C21H16FN3O2.C18H10ClFN2S/c1-15-12-16(5-7-19(15)24)22-18(4-2-10-26-22)17-6-8-21-28-13-20(29(21)14-17)23(30)27-11-3-9-25;1-15-12-17(5-6-20(15)24)22-18(4-2-9-26-22)16-7-11-29-21(13-16)19(14-28-29)23(30)27-10-3-8-25;1-14-11-16(4-5-19(14)23)21-17(3-2-8-25-21)15-6-10-28-20(12-15)18(13-27-28)22(29)26-9-7-24;1-13-10-14(5-7-17(13)22)20-16(4-3-9-23-20)15-6-8-19-24-11-18(21(26)27-2)25(19)12-15;19-14-8-12(3-5-15(14)20)18-13(2-1-7-21-18)11-4-6-16-17(9-11)23-10-22-16/h2,4-8,10,12-14H,3,9,11,25H2,1H3,(H,27,30);2,4-7,9,11-14H,3,8,10,25H2,1H3,(H,27,30);2-6,8,10-13H,7,9,24H2,1H3,(H,26,29);3-12H,1-2H3;1-10H. The van der Waals surface area contributed by atoms with E-state index < -0.39 is 11.8 Å². The second-order valence-electron chi connectivity index (χ2n) is 32.0. The minimum atomic E-state index is -0.458. The van der Waals surface area contributed by atoms with E-state index >= 15 is 0 Å². The van der Waals surface area contributed by atoms with Gasteiger partial charge >= 0.3 is 5.97 Å². The van der Waals surface area contributed by atoms with Crippen molar-refractivity contribution in [3.05, 3.63) is 383 Å². The van der Waals surface area contributed by atoms with Crippen LogP contribution in [0.15, 0.2) is 304 Å². The highest BCUT2D eigenvalue weighted by molar-refractivity contribution is 7.16. The van der Waals surface area contributed by atoms with E-state index in [2.05, 4.69) is 72.1 Å². The van der Waals surface area contributed by atoms with Crippen LogP contribution in [0.3, 0.4) is 0 Å². The summed E-state index contributed by atoms with van der Waals surface area (Å²) in [4.78, 5) is 84.9. The molecule has 14 heterocycles. The topological polar surface area (TPSA) is 338 Å². The zero-order valence-corrected chi connectivity index (χ0v) is 77.3. The molecular weight excluding hydrogens is 1810 g/mol. The molecule has 20 rings (SSSR count). The highest BCUT2D eigenvalue weighted by Gasteiger charge is 2.23. The van der Waals surface area contributed by atoms with E-state index in [-0.39, 0.29) is 46.0 Å². The third-order valence-corrected chi connectivity index (χ3v) is 23.9. The molecule has 696 valence electrons. The number of pyridine rings is 9. The van der Waals surface area contributed by atoms with Crippen molar-refractivity contribution in [2.45, 2.75) is 40.5 Å². The van der Waals surface area contributed by atoms with Gasteiger partial charge in [0.2, 0.25) is 0 Å². The number of halogens is 6. The number of nitrogens with zero attached hydrogens (tertiary/aromatic N) is 14. The Kier molecular flexibility index (Phi) is 30.1. The van der Waals surface area contributed by atoms with Crippen LogP contribution >= 0.6 is 22.9 Å². The van der Waals surface area contributed by atoms with E-state index in [0.717, 1.165) is 122 Å². The minimum Gasteiger partial charge on any atom is -0.464 e. The smallest absolute Gasteiger partial charge is 0.356 e. The van der Waals surface area contributed by atoms with Gasteiger partial charge in [0, 0.05) is 149 Å². The molecule has 0 aliphatic heterocycles. The number of hydrogen-bond donors (Lipinski definition) is 6. The lowest BCUT2D eigenvalue weighted by atomic mass is 9.98. The fourth-order valence-electron chi connectivity index (χ4n) is 15.6. The number of nitrogens with one attached hydrogen (secondary N) is 3. The van der Waals surface area contributed by atoms with E-state index in [4.69, 9.17) is 33.5 Å². The highest BCUT2D eigenvalue weighted by Crippen LogP contribution is 2.40. The number of aryl methyl sites for hydroxylation is 4. The second-order valence-corrected chi connectivity index (χ2v) is 33.3. The van der Waals surface area contributed by atoms with E-state index in [9.17, 15) is 41.1 Å². The van der Waals surface area contributed by atoms with Crippen molar-refractivity contribution in [2.24, 2.45) is 17.2 Å². The third-order valence-electron chi connectivity index (χ3n) is 22.8. The lowest BCUT2D eigenvalue weighted by Crippen LogP contribution is -2.28. The Morgan fingerprint density at radius 2 is 0.734 bits per heavy atom. The van der Waals surface area contributed by atoms with Crippen molar-refractivity contribution in [2.75, 3.05) is 46.4 Å². The number of amides is 3. The monoisotopic (exact) mass is 1900 g/mol. The zero-order chi connectivity index (χ0) is 97.3. The van der Waals surface area contributed by atoms with E-state index in [1.54, 1.807) is 173 Å². The van der Waals surface area contributed by atoms with E-state index in [1.165, 1.54) is 43.6 Å². The molecule has 0 saturated carbocycles. The summed E-state index contributed by atoms with van der Waals surface area (Å²) in [6, 6.07) is 64.9. The summed E-state index contributed by atoms with van der Waals surface area (Å²) in [5, 5.41) is 17.1. The number of carbonyl (C=O) groups is 4. The number of carbonyl (C=O) groups excluding carboxylic acids is 4. The Labute approximate surface area is 803 Å². The molecule has 0 aliphatic carbocycles. The molecule has 0 spiro atoms. The van der Waals surface area contributed by atoms with Gasteiger partial charge in [-0.3, -0.25) is 48.1 Å². The Hall–Kier alpha value is -16.6. The zero-order valence-electron chi connectivity index (χ0n) is 75.7. The maximum Gasteiger partial charge on any atom is 0.356 e. The van der Waals surface area contributed by atoms with Crippen LogP contribution in [0.5, 0.6) is 0 Å². The normalized spacial score (nSPS) is 11.0. The lowest BCUT2D eigenvalue weighted by molar-refractivity contribution is 0.0592. The number of esters is 1. The first-order valence-electron chi connectivity index (χ1n) is 44.1. The number of imidazole rings is 2. The number of aromatic nitrogens is 14. The van der Waals surface area contributed by atoms with Gasteiger partial charge in [0.05, 0.1) is 103 Å². The van der Waals surface area contributed by atoms with Gasteiger partial charge in [0.1, 0.15) is 46.1 Å². The van der Waals surface area contributed by atoms with Gasteiger partial charge in [-0.1, -0.05) is 48.0 Å². The van der Waals surface area contributed by atoms with Crippen molar-refractivity contribution < 1.29 is 45.9 Å². The SMILES string of the molecule is COC(=O)c1cnc2ccc(-c3cccnc3-c3ccc(F)c(C)c3)cn12.Cc1cc(-c2ncccc2-c2ccc3ncc(C(=O)NCCCN)n3c2)ccc1F.Cc1cc(-c2ncccc2-c2ccn3ncc(C(=O)NCCCN)c3c2)ccc1F.Cc1cc(-c2ncccc2-c2ccn3ncc(C(=O)NCCN)c3c2)ccc1F.Fc1ccc(-c2ncccc2-c2ccc3ncsc3c2)cc1Cl. The molecule has 3 amide bonds. The predicted molar refractivity (Wildman–Crippen MR) is 532 cm³/mol. The van der Waals surface area contributed by atoms with Crippen LogP contribution in [0.25, 0.3) is 144 Å². The fraction of sp³-hybridized carbons (Fsp3) is 0.121. The lowest BCUT2D eigenvalue weighted by Gasteiger charge is -2.11. The van der Waals surface area contributed by atoms with Gasteiger partial charge in [-0.2, -0.15) is 10.2 Å². The van der Waals surface area contributed by atoms with Crippen LogP contribution in [-0.2, 0) is 4.74 Å². The van der Waals surface area contributed by atoms with Crippen LogP contribution in [-0.4, -0.2) is 138 Å². The van der Waals surface area contributed by atoms with Crippen LogP contribution in [0.1, 0.15) is 76.8 Å². The van der Waals surface area contributed by atoms with Crippen LogP contribution in [0, 0.1) is 56.8 Å². The Balaban J connectivity index is 0.000000126. The maximum atomic E-state index is 13.7. The van der Waals surface area contributed by atoms with Crippen molar-refractivity contribution in [3.8, 4) is 112 Å². The number of rotatable bonds is 22. The molecule has 0 atom stereocenters. The number of fused-ring (bicyclic) bond motifs is 5. The molecule has 9 N–H and O–H groups in total. The first-order valence-corrected chi connectivity index (χ1v) is 45.3. The molecule has 0 bridgehead atoms. The summed E-state index contributed by atoms with van der Waals surface area (Å²) >= 11 is 7.52. The number of hydrogen-bond acceptors (Lipinski definition) is 19. The minimum absolute atomic E-state index is 0.0945. The molecule has 0 aliphatic rings. The van der Waals surface area contributed by atoms with Gasteiger partial charge in [0.15, 0.2) is 5.69 Å². The van der Waals surface area contributed by atoms with Crippen molar-refractivity contribution in [1.82, 2.24) is 83.9 Å². The Bertz CT molecular complexity index is 7770. The van der Waals surface area contributed by atoms with E-state index in [1.807, 2.05) is 145 Å². The van der Waals surface area contributed by atoms with Gasteiger partial charge < -0.3 is 37.9 Å². The largest absolute Gasteiger partial charge is 0.464 e. The molecule has 20 aromatic rings. The van der Waals surface area contributed by atoms with Gasteiger partial charge in [0.25, 0.3) is 17.7 Å². The van der Waals surface area contributed by atoms with Crippen LogP contribution in [0.4, 0.5) is 22.0 Å². The molecule has 25 nitrogen and oxygen atoms in total. The number of ether oxygens (including phenoxy) is 1.